The third-order valence-electron chi connectivity index (χ3n) is 4.95. The van der Waals surface area contributed by atoms with Crippen LogP contribution in [0.5, 0.6) is 5.75 Å². The summed E-state index contributed by atoms with van der Waals surface area (Å²) in [5.74, 6) is 1.32. The summed E-state index contributed by atoms with van der Waals surface area (Å²) in [6.45, 7) is 0.766. The fourth-order valence-electron chi connectivity index (χ4n) is 3.43. The zero-order valence-corrected chi connectivity index (χ0v) is 15.9. The monoisotopic (exact) mass is 380 g/mol. The topological polar surface area (TPSA) is 83.4 Å². The first kappa shape index (κ1) is 18.2. The van der Waals surface area contributed by atoms with Crippen LogP contribution in [-0.2, 0) is 26.0 Å². The summed E-state index contributed by atoms with van der Waals surface area (Å²) in [5.41, 5.74) is 4.06. The molecule has 4 rings (SSSR count). The molecule has 7 heteroatoms. The van der Waals surface area contributed by atoms with Crippen LogP contribution in [0.4, 0.5) is 10.5 Å². The highest BCUT2D eigenvalue weighted by Crippen LogP contribution is 2.26. The molecule has 3 aromatic rings. The second kappa shape index (κ2) is 8.21. The third-order valence-corrected chi connectivity index (χ3v) is 4.95. The van der Waals surface area contributed by atoms with Gasteiger partial charge < -0.3 is 19.4 Å². The van der Waals surface area contributed by atoms with E-state index in [2.05, 4.69) is 15.5 Å². The van der Waals surface area contributed by atoms with Crippen molar-refractivity contribution in [2.45, 2.75) is 38.8 Å². The van der Waals surface area contributed by atoms with E-state index in [1.54, 1.807) is 18.2 Å². The van der Waals surface area contributed by atoms with E-state index in [1.807, 2.05) is 36.4 Å². The van der Waals surface area contributed by atoms with E-state index in [0.717, 1.165) is 24.3 Å². The number of urea groups is 1. The number of H-pyrrole nitrogens is 1. The minimum Gasteiger partial charge on any atom is -0.483 e. The van der Waals surface area contributed by atoms with E-state index >= 15 is 0 Å². The molecule has 2 heterocycles. The van der Waals surface area contributed by atoms with Gasteiger partial charge in [-0.15, -0.1) is 0 Å². The minimum atomic E-state index is -0.207. The maximum atomic E-state index is 12.7. The zero-order valence-electron chi connectivity index (χ0n) is 15.9. The molecule has 2 amide bonds. The molecule has 1 aliphatic rings. The fourth-order valence-corrected chi connectivity index (χ4v) is 3.43. The molecule has 0 unspecified atom stereocenters. The number of hydrogen-bond acceptors (Lipinski definition) is 4. The zero-order chi connectivity index (χ0) is 19.3. The van der Waals surface area contributed by atoms with Gasteiger partial charge in [-0.25, -0.2) is 4.79 Å². The lowest BCUT2D eigenvalue weighted by atomic mass is 9.96. The van der Waals surface area contributed by atoms with Crippen molar-refractivity contribution in [2.75, 3.05) is 12.4 Å². The van der Waals surface area contributed by atoms with Gasteiger partial charge in [0.05, 0.1) is 24.2 Å². The van der Waals surface area contributed by atoms with Crippen LogP contribution in [0, 0.1) is 0 Å². The SMILES string of the molecule is CN(Cc1n[nH]c2c1CCCC2)C(=O)Nc1ccccc1OCc1ccco1. The lowest BCUT2D eigenvalue weighted by molar-refractivity contribution is 0.219. The third kappa shape index (κ3) is 4.03. The molecule has 0 radical (unpaired) electrons. The van der Waals surface area contributed by atoms with Crippen LogP contribution < -0.4 is 10.1 Å². The number of aromatic nitrogens is 2. The van der Waals surface area contributed by atoms with E-state index in [9.17, 15) is 4.79 Å². The van der Waals surface area contributed by atoms with Crippen molar-refractivity contribution in [1.29, 1.82) is 0 Å². The average Bonchev–Trinajstić information content (AvgIpc) is 3.37. The number of amides is 2. The number of anilines is 1. The molecule has 0 atom stereocenters. The highest BCUT2D eigenvalue weighted by molar-refractivity contribution is 5.90. The number of aryl methyl sites for hydroxylation is 1. The number of carbonyl (C=O) groups is 1. The van der Waals surface area contributed by atoms with Gasteiger partial charge in [0.1, 0.15) is 18.1 Å². The highest BCUT2D eigenvalue weighted by Gasteiger charge is 2.20. The molecule has 0 bridgehead atoms. The summed E-state index contributed by atoms with van der Waals surface area (Å²) >= 11 is 0. The Hall–Kier alpha value is -3.22. The van der Waals surface area contributed by atoms with Gasteiger partial charge >= 0.3 is 6.03 Å². The van der Waals surface area contributed by atoms with Gasteiger partial charge in [0.2, 0.25) is 0 Å². The van der Waals surface area contributed by atoms with Crippen molar-refractivity contribution in [3.63, 3.8) is 0 Å². The van der Waals surface area contributed by atoms with Crippen LogP contribution in [0.25, 0.3) is 0 Å². The van der Waals surface area contributed by atoms with Crippen molar-refractivity contribution in [3.8, 4) is 5.75 Å². The molecule has 2 aromatic heterocycles. The number of carbonyl (C=O) groups excluding carboxylic acids is 1. The summed E-state index contributed by atoms with van der Waals surface area (Å²) in [7, 11) is 1.77. The van der Waals surface area contributed by atoms with E-state index < -0.39 is 0 Å². The van der Waals surface area contributed by atoms with Crippen LogP contribution >= 0.6 is 0 Å². The number of nitrogens with one attached hydrogen (secondary N) is 2. The molecule has 1 aromatic carbocycles. The molecular weight excluding hydrogens is 356 g/mol. The molecule has 0 spiro atoms. The van der Waals surface area contributed by atoms with E-state index in [1.165, 1.54) is 24.1 Å². The Labute approximate surface area is 163 Å². The van der Waals surface area contributed by atoms with E-state index in [0.29, 0.717) is 24.6 Å². The maximum Gasteiger partial charge on any atom is 0.322 e. The predicted octanol–water partition coefficient (Wildman–Crippen LogP) is 4.12. The van der Waals surface area contributed by atoms with Crippen LogP contribution in [0.15, 0.2) is 47.1 Å². The fraction of sp³-hybridized carbons (Fsp3) is 0.333. The van der Waals surface area contributed by atoms with Gasteiger partial charge in [0.25, 0.3) is 0 Å². The first-order chi connectivity index (χ1) is 13.7. The summed E-state index contributed by atoms with van der Waals surface area (Å²) in [6, 6.07) is 10.8. The Balaban J connectivity index is 1.39. The second-order valence-electron chi connectivity index (χ2n) is 6.98. The lowest BCUT2D eigenvalue weighted by Gasteiger charge is -2.19. The second-order valence-corrected chi connectivity index (χ2v) is 6.98. The molecule has 28 heavy (non-hydrogen) atoms. The number of fused-ring (bicyclic) bond motifs is 1. The number of rotatable bonds is 6. The molecule has 2 N–H and O–H groups in total. The summed E-state index contributed by atoms with van der Waals surface area (Å²) in [4.78, 5) is 14.3. The maximum absolute atomic E-state index is 12.7. The standard InChI is InChI=1S/C21H24N4O3/c1-25(13-19-16-8-2-3-9-17(16)23-24-19)21(26)22-18-10-4-5-11-20(18)28-14-15-7-6-12-27-15/h4-7,10-12H,2-3,8-9,13-14H2,1H3,(H,22,26)(H,23,24). The van der Waals surface area contributed by atoms with Crippen LogP contribution in [-0.4, -0.2) is 28.2 Å². The first-order valence-electron chi connectivity index (χ1n) is 9.52. The van der Waals surface area contributed by atoms with Crippen molar-refractivity contribution in [2.24, 2.45) is 0 Å². The quantitative estimate of drug-likeness (QED) is 0.674. The number of para-hydroxylation sites is 2. The Morgan fingerprint density at radius 1 is 1.25 bits per heavy atom. The van der Waals surface area contributed by atoms with Crippen molar-refractivity contribution >= 4 is 11.7 Å². The van der Waals surface area contributed by atoms with Crippen molar-refractivity contribution in [1.82, 2.24) is 15.1 Å². The number of furan rings is 1. The number of aromatic amines is 1. The molecular formula is C21H24N4O3. The van der Waals surface area contributed by atoms with E-state index in [-0.39, 0.29) is 6.03 Å². The predicted molar refractivity (Wildman–Crippen MR) is 105 cm³/mol. The van der Waals surface area contributed by atoms with Crippen molar-refractivity contribution < 1.29 is 13.9 Å². The summed E-state index contributed by atoms with van der Waals surface area (Å²) in [5, 5.41) is 10.5. The van der Waals surface area contributed by atoms with Gasteiger partial charge in [-0.3, -0.25) is 5.10 Å². The van der Waals surface area contributed by atoms with Gasteiger partial charge in [-0.2, -0.15) is 5.10 Å². The van der Waals surface area contributed by atoms with Crippen LogP contribution in [0.1, 0.15) is 35.6 Å². The number of benzene rings is 1. The van der Waals surface area contributed by atoms with Crippen LogP contribution in [0.3, 0.4) is 0 Å². The molecule has 0 saturated carbocycles. The average molecular weight is 380 g/mol. The van der Waals surface area contributed by atoms with Gasteiger partial charge in [0.15, 0.2) is 0 Å². The minimum absolute atomic E-state index is 0.207. The van der Waals surface area contributed by atoms with Gasteiger partial charge in [-0.05, 0) is 55.5 Å². The lowest BCUT2D eigenvalue weighted by Crippen LogP contribution is -2.31. The normalized spacial score (nSPS) is 13.0. The Bertz CT molecular complexity index is 933. The Morgan fingerprint density at radius 2 is 2.11 bits per heavy atom. The largest absolute Gasteiger partial charge is 0.483 e. The molecule has 146 valence electrons. The van der Waals surface area contributed by atoms with Crippen molar-refractivity contribution in [3.05, 3.63) is 65.4 Å². The summed E-state index contributed by atoms with van der Waals surface area (Å²) in [6.07, 6.45) is 6.05. The Kier molecular flexibility index (Phi) is 5.32. The highest BCUT2D eigenvalue weighted by atomic mass is 16.5. The summed E-state index contributed by atoms with van der Waals surface area (Å²) < 4.78 is 11.1. The Morgan fingerprint density at radius 3 is 2.96 bits per heavy atom. The smallest absolute Gasteiger partial charge is 0.322 e. The molecule has 7 nitrogen and oxygen atoms in total. The molecule has 0 aliphatic heterocycles. The first-order valence-corrected chi connectivity index (χ1v) is 9.52. The van der Waals surface area contributed by atoms with Gasteiger partial charge in [-0.1, -0.05) is 12.1 Å². The van der Waals surface area contributed by atoms with E-state index in [4.69, 9.17) is 9.15 Å². The van der Waals surface area contributed by atoms with Crippen LogP contribution in [0.2, 0.25) is 0 Å². The van der Waals surface area contributed by atoms with Gasteiger partial charge in [0, 0.05) is 12.7 Å². The number of nitrogens with zero attached hydrogens (tertiary/aromatic N) is 2. The number of hydrogen-bond donors (Lipinski definition) is 2. The molecule has 1 aliphatic carbocycles. The number of ether oxygens (including phenoxy) is 1. The molecule has 0 fully saturated rings. The molecule has 0 saturated heterocycles.